The molecule has 11 heavy (non-hydrogen) atoms. The van der Waals surface area contributed by atoms with Gasteiger partial charge in [0.25, 0.3) is 0 Å². The number of rotatable bonds is 4. The van der Waals surface area contributed by atoms with Crippen LogP contribution in [-0.2, 0) is 14.8 Å². The summed E-state index contributed by atoms with van der Waals surface area (Å²) in [6, 6.07) is 0. The molecule has 5 nitrogen and oxygen atoms in total. The molecule has 1 N–H and O–H groups in total. The molecule has 1 radical (unpaired) electrons. The van der Waals surface area contributed by atoms with Crippen molar-refractivity contribution < 1.29 is 13.2 Å². The summed E-state index contributed by atoms with van der Waals surface area (Å²) in [5.41, 5.74) is 0. The SMILES string of the molecule is CC(=O)NCC[N]S(C)(=O)=O. The first-order valence-corrected chi connectivity index (χ1v) is 4.90. The first kappa shape index (κ1) is 10.4. The van der Waals surface area contributed by atoms with Crippen molar-refractivity contribution in [2.75, 3.05) is 19.3 Å². The van der Waals surface area contributed by atoms with Gasteiger partial charge < -0.3 is 5.32 Å². The Labute approximate surface area is 66.2 Å². The second-order valence-corrected chi connectivity index (χ2v) is 3.79. The molecule has 0 fully saturated rings. The lowest BCUT2D eigenvalue weighted by atomic mass is 10.6. The van der Waals surface area contributed by atoms with Crippen LogP contribution in [0.3, 0.4) is 0 Å². The Bertz CT molecular complexity index is 222. The Balaban J connectivity index is 3.37. The van der Waals surface area contributed by atoms with Gasteiger partial charge in [0.15, 0.2) is 0 Å². The van der Waals surface area contributed by atoms with E-state index in [2.05, 4.69) is 10.0 Å². The quantitative estimate of drug-likeness (QED) is 0.544. The predicted octanol–water partition coefficient (Wildman–Crippen LogP) is -1.31. The van der Waals surface area contributed by atoms with Crippen LogP contribution in [0, 0.1) is 0 Å². The maximum Gasteiger partial charge on any atom is 0.225 e. The van der Waals surface area contributed by atoms with Gasteiger partial charge in [-0.1, -0.05) is 0 Å². The van der Waals surface area contributed by atoms with E-state index in [0.29, 0.717) is 0 Å². The van der Waals surface area contributed by atoms with Crippen molar-refractivity contribution in [3.63, 3.8) is 0 Å². The average molecular weight is 179 g/mol. The Morgan fingerprint density at radius 3 is 2.45 bits per heavy atom. The highest BCUT2D eigenvalue weighted by Gasteiger charge is 2.00. The molecule has 0 spiro atoms. The molecule has 1 amide bonds. The Morgan fingerprint density at radius 2 is 2.09 bits per heavy atom. The summed E-state index contributed by atoms with van der Waals surface area (Å²) < 4.78 is 24.1. The molecule has 0 aliphatic carbocycles. The zero-order valence-corrected chi connectivity index (χ0v) is 7.31. The van der Waals surface area contributed by atoms with Crippen LogP contribution in [-0.4, -0.2) is 33.7 Å². The van der Waals surface area contributed by atoms with Gasteiger partial charge in [0, 0.05) is 20.0 Å². The number of hydrogen-bond acceptors (Lipinski definition) is 3. The molecular weight excluding hydrogens is 168 g/mol. The molecular formula is C5H11N2O3S. The highest BCUT2D eigenvalue weighted by molar-refractivity contribution is 7.88. The fourth-order valence-corrected chi connectivity index (χ4v) is 0.866. The first-order valence-electron chi connectivity index (χ1n) is 3.05. The van der Waals surface area contributed by atoms with Crippen molar-refractivity contribution >= 4 is 15.9 Å². The van der Waals surface area contributed by atoms with E-state index < -0.39 is 10.0 Å². The van der Waals surface area contributed by atoms with Crippen LogP contribution in [0.25, 0.3) is 0 Å². The summed E-state index contributed by atoms with van der Waals surface area (Å²) in [6.45, 7) is 1.74. The van der Waals surface area contributed by atoms with Crippen LogP contribution < -0.4 is 10.0 Å². The van der Waals surface area contributed by atoms with Crippen molar-refractivity contribution in [3.05, 3.63) is 0 Å². The second-order valence-electron chi connectivity index (χ2n) is 2.07. The van der Waals surface area contributed by atoms with Crippen LogP contribution in [0.15, 0.2) is 0 Å². The molecule has 6 heteroatoms. The van der Waals surface area contributed by atoms with E-state index in [1.54, 1.807) is 0 Å². The van der Waals surface area contributed by atoms with E-state index in [-0.39, 0.29) is 19.0 Å². The van der Waals surface area contributed by atoms with Crippen LogP contribution in [0.1, 0.15) is 6.92 Å². The third-order valence-corrected chi connectivity index (χ3v) is 1.46. The van der Waals surface area contributed by atoms with E-state index >= 15 is 0 Å². The van der Waals surface area contributed by atoms with E-state index in [9.17, 15) is 13.2 Å². The molecule has 0 heterocycles. The van der Waals surface area contributed by atoms with Gasteiger partial charge in [-0.25, -0.2) is 8.42 Å². The van der Waals surface area contributed by atoms with E-state index in [0.717, 1.165) is 6.26 Å². The predicted molar refractivity (Wildman–Crippen MR) is 40.5 cm³/mol. The lowest BCUT2D eigenvalue weighted by Crippen LogP contribution is -2.29. The molecule has 0 atom stereocenters. The number of carbonyl (C=O) groups excluding carboxylic acids is 1. The molecule has 0 rings (SSSR count). The minimum Gasteiger partial charge on any atom is -0.355 e. The third kappa shape index (κ3) is 9.38. The van der Waals surface area contributed by atoms with E-state index in [1.807, 2.05) is 0 Å². The minimum absolute atomic E-state index is 0.110. The van der Waals surface area contributed by atoms with Gasteiger partial charge >= 0.3 is 0 Å². The van der Waals surface area contributed by atoms with Crippen LogP contribution in [0.5, 0.6) is 0 Å². The Morgan fingerprint density at radius 1 is 1.55 bits per heavy atom. The summed E-state index contributed by atoms with van der Waals surface area (Å²) in [5, 5.41) is 2.42. The topological polar surface area (TPSA) is 77.3 Å². The van der Waals surface area contributed by atoms with Crippen molar-refractivity contribution in [1.82, 2.24) is 10.0 Å². The third-order valence-electron chi connectivity index (χ3n) is 0.812. The largest absolute Gasteiger partial charge is 0.355 e. The maximum absolute atomic E-state index is 10.4. The number of carbonyl (C=O) groups is 1. The molecule has 0 unspecified atom stereocenters. The summed E-state index contributed by atoms with van der Waals surface area (Å²) in [6.07, 6.45) is 1.01. The number of nitrogens with one attached hydrogen (secondary N) is 1. The van der Waals surface area contributed by atoms with E-state index in [1.165, 1.54) is 6.92 Å². The standard InChI is InChI=1S/C5H11N2O3S/c1-5(8)6-3-4-7-11(2,9)10/h3-4H2,1-2H3,(H,6,8). The molecule has 0 aliphatic heterocycles. The number of amides is 1. The van der Waals surface area contributed by atoms with E-state index in [4.69, 9.17) is 0 Å². The van der Waals surface area contributed by atoms with Gasteiger partial charge in [-0.2, -0.15) is 0 Å². The zero-order valence-electron chi connectivity index (χ0n) is 6.49. The van der Waals surface area contributed by atoms with Gasteiger partial charge in [0.1, 0.15) is 0 Å². The van der Waals surface area contributed by atoms with Gasteiger partial charge in [-0.05, 0) is 0 Å². The Hall–Kier alpha value is -0.620. The van der Waals surface area contributed by atoms with Crippen LogP contribution in [0.4, 0.5) is 0 Å². The van der Waals surface area contributed by atoms with Gasteiger partial charge in [0.05, 0.1) is 6.26 Å². The van der Waals surface area contributed by atoms with Gasteiger partial charge in [0.2, 0.25) is 15.9 Å². The van der Waals surface area contributed by atoms with Crippen molar-refractivity contribution in [2.24, 2.45) is 0 Å². The molecule has 0 aromatic carbocycles. The zero-order chi connectivity index (χ0) is 8.91. The first-order chi connectivity index (χ1) is 4.92. The van der Waals surface area contributed by atoms with Crippen LogP contribution >= 0.6 is 0 Å². The van der Waals surface area contributed by atoms with Crippen LogP contribution in [0.2, 0.25) is 0 Å². The fraction of sp³-hybridized carbons (Fsp3) is 0.800. The smallest absolute Gasteiger partial charge is 0.225 e. The second kappa shape index (κ2) is 4.30. The highest BCUT2D eigenvalue weighted by atomic mass is 32.2. The van der Waals surface area contributed by atoms with Crippen molar-refractivity contribution in [2.45, 2.75) is 6.92 Å². The summed E-state index contributed by atoms with van der Waals surface area (Å²) in [4.78, 5) is 10.3. The minimum atomic E-state index is -3.25. The number of nitrogens with zero attached hydrogens (tertiary/aromatic N) is 1. The van der Waals surface area contributed by atoms with Gasteiger partial charge in [-0.15, -0.1) is 4.72 Å². The lowest BCUT2D eigenvalue weighted by molar-refractivity contribution is -0.118. The fourth-order valence-electron chi connectivity index (χ4n) is 0.443. The van der Waals surface area contributed by atoms with Gasteiger partial charge in [-0.3, -0.25) is 4.79 Å². The molecule has 65 valence electrons. The summed E-state index contributed by atoms with van der Waals surface area (Å²) >= 11 is 0. The summed E-state index contributed by atoms with van der Waals surface area (Å²) in [5.74, 6) is -0.186. The lowest BCUT2D eigenvalue weighted by Gasteiger charge is -1.99. The summed E-state index contributed by atoms with van der Waals surface area (Å²) in [7, 11) is -3.25. The molecule has 0 saturated carbocycles. The number of sulfonamides is 1. The average Bonchev–Trinajstić information content (AvgIpc) is 1.78. The molecule has 0 aromatic heterocycles. The normalized spacial score (nSPS) is 11.1. The van der Waals surface area contributed by atoms with Crippen molar-refractivity contribution in [3.8, 4) is 0 Å². The molecule has 0 aromatic rings. The highest BCUT2D eigenvalue weighted by Crippen LogP contribution is 1.74. The van der Waals surface area contributed by atoms with Crippen molar-refractivity contribution in [1.29, 1.82) is 0 Å². The number of hydrogen-bond donors (Lipinski definition) is 1. The Kier molecular flexibility index (Phi) is 4.06. The maximum atomic E-state index is 10.4. The monoisotopic (exact) mass is 179 g/mol. The molecule has 0 aliphatic rings. The molecule has 0 saturated heterocycles. The molecule has 0 bridgehead atoms.